The largest absolute Gasteiger partial charge is 0.368 e. The zero-order chi connectivity index (χ0) is 25.7. The van der Waals surface area contributed by atoms with Crippen molar-refractivity contribution in [3.63, 3.8) is 0 Å². The lowest BCUT2D eigenvalue weighted by Gasteiger charge is -2.22. The van der Waals surface area contributed by atoms with Crippen LogP contribution in [0.4, 0.5) is 5.95 Å². The fourth-order valence-electron chi connectivity index (χ4n) is 5.42. The molecule has 4 aromatic rings. The molecule has 0 radical (unpaired) electrons. The van der Waals surface area contributed by atoms with Gasteiger partial charge in [-0.25, -0.2) is 18.4 Å². The highest BCUT2D eigenvalue weighted by molar-refractivity contribution is 7.89. The Hall–Kier alpha value is -3.82. The zero-order valence-electron chi connectivity index (χ0n) is 20.5. The predicted octanol–water partition coefficient (Wildman–Crippen LogP) is 4.21. The average Bonchev–Trinajstić information content (AvgIpc) is 3.54. The summed E-state index contributed by atoms with van der Waals surface area (Å²) in [7, 11) is -3.69. The van der Waals surface area contributed by atoms with Crippen molar-refractivity contribution in [3.05, 3.63) is 83.6 Å². The van der Waals surface area contributed by atoms with Crippen molar-refractivity contribution in [2.75, 3.05) is 12.3 Å². The monoisotopic (exact) mass is 513 g/mol. The molecule has 3 aromatic carbocycles. The van der Waals surface area contributed by atoms with Crippen molar-refractivity contribution in [2.45, 2.75) is 43.8 Å². The van der Waals surface area contributed by atoms with Crippen molar-refractivity contribution in [1.82, 2.24) is 19.2 Å². The topological polar surface area (TPSA) is 109 Å². The Morgan fingerprint density at radius 3 is 2.38 bits per heavy atom. The molecular weight excluding hydrogens is 486 g/mol. The summed E-state index contributed by atoms with van der Waals surface area (Å²) < 4.78 is 28.8. The standard InChI is InChI=1S/C28H27N5O3S/c1-18-7-6-14-33(18)37(35,36)25-11-5-4-10-22(25)19-12-13-24-23(15-19)26(31-28(29)30-24)27(34)32-16-20-8-2-3-9-21(20)17-32/h2-5,8-13,15,18H,6-7,14,16-17H2,1H3,(H2,29,30,31)/t18-/m1/s1. The van der Waals surface area contributed by atoms with Crippen LogP contribution in [0.3, 0.4) is 0 Å². The lowest BCUT2D eigenvalue weighted by Crippen LogP contribution is -2.33. The second kappa shape index (κ2) is 8.93. The number of aromatic nitrogens is 2. The molecular formula is C28H27N5O3S. The number of nitrogens with two attached hydrogens (primary N) is 1. The summed E-state index contributed by atoms with van der Waals surface area (Å²) in [6.45, 7) is 3.45. The summed E-state index contributed by atoms with van der Waals surface area (Å²) in [5, 5.41) is 0.536. The van der Waals surface area contributed by atoms with Gasteiger partial charge in [0.2, 0.25) is 16.0 Å². The van der Waals surface area contributed by atoms with Crippen molar-refractivity contribution >= 4 is 32.8 Å². The number of hydrogen-bond acceptors (Lipinski definition) is 6. The fraction of sp³-hybridized carbons (Fsp3) is 0.250. The molecule has 3 heterocycles. The summed E-state index contributed by atoms with van der Waals surface area (Å²) >= 11 is 0. The number of amides is 1. The van der Waals surface area contributed by atoms with Crippen molar-refractivity contribution in [2.24, 2.45) is 0 Å². The molecule has 1 saturated heterocycles. The molecule has 1 amide bonds. The van der Waals surface area contributed by atoms with Crippen LogP contribution in [-0.2, 0) is 23.1 Å². The van der Waals surface area contributed by atoms with Gasteiger partial charge in [0, 0.05) is 36.6 Å². The average molecular weight is 514 g/mol. The van der Waals surface area contributed by atoms with Crippen LogP contribution < -0.4 is 5.73 Å². The Bertz CT molecular complexity index is 1630. The van der Waals surface area contributed by atoms with Crippen molar-refractivity contribution in [1.29, 1.82) is 0 Å². The molecule has 37 heavy (non-hydrogen) atoms. The first kappa shape index (κ1) is 23.6. The molecule has 0 bridgehead atoms. The molecule has 2 aliphatic rings. The number of nitrogen functional groups attached to an aromatic ring is 1. The van der Waals surface area contributed by atoms with E-state index < -0.39 is 10.0 Å². The summed E-state index contributed by atoms with van der Waals surface area (Å²) in [6, 6.07) is 20.3. The third-order valence-corrected chi connectivity index (χ3v) is 9.39. The van der Waals surface area contributed by atoms with E-state index in [9.17, 15) is 13.2 Å². The van der Waals surface area contributed by atoms with Crippen molar-refractivity contribution < 1.29 is 13.2 Å². The maximum atomic E-state index is 13.6. The van der Waals surface area contributed by atoms with Crippen LogP contribution in [0.25, 0.3) is 22.0 Å². The van der Waals surface area contributed by atoms with E-state index in [1.54, 1.807) is 39.5 Å². The zero-order valence-corrected chi connectivity index (χ0v) is 21.3. The van der Waals surface area contributed by atoms with Crippen molar-refractivity contribution in [3.8, 4) is 11.1 Å². The summed E-state index contributed by atoms with van der Waals surface area (Å²) in [5.74, 6) is -0.217. The van der Waals surface area contributed by atoms with Gasteiger partial charge in [-0.3, -0.25) is 4.79 Å². The third kappa shape index (κ3) is 4.04. The Kier molecular flexibility index (Phi) is 5.69. The molecule has 188 valence electrons. The molecule has 1 aromatic heterocycles. The predicted molar refractivity (Wildman–Crippen MR) is 142 cm³/mol. The molecule has 6 rings (SSSR count). The maximum absolute atomic E-state index is 13.6. The quantitative estimate of drug-likeness (QED) is 0.438. The van der Waals surface area contributed by atoms with Crippen LogP contribution in [0.5, 0.6) is 0 Å². The van der Waals surface area contributed by atoms with Crippen LogP contribution in [0.2, 0.25) is 0 Å². The number of rotatable bonds is 4. The van der Waals surface area contributed by atoms with Gasteiger partial charge in [0.1, 0.15) is 5.69 Å². The van der Waals surface area contributed by atoms with E-state index in [4.69, 9.17) is 5.73 Å². The van der Waals surface area contributed by atoms with Gasteiger partial charge in [-0.2, -0.15) is 4.31 Å². The number of sulfonamides is 1. The smallest absolute Gasteiger partial charge is 0.273 e. The fourth-order valence-corrected chi connectivity index (χ4v) is 7.34. The number of carbonyl (C=O) groups is 1. The van der Waals surface area contributed by atoms with Gasteiger partial charge in [-0.05, 0) is 54.7 Å². The van der Waals surface area contributed by atoms with Gasteiger partial charge in [0.25, 0.3) is 5.91 Å². The van der Waals surface area contributed by atoms with E-state index in [-0.39, 0.29) is 28.5 Å². The molecule has 2 aliphatic heterocycles. The van der Waals surface area contributed by atoms with E-state index >= 15 is 0 Å². The Morgan fingerprint density at radius 1 is 0.973 bits per heavy atom. The van der Waals surface area contributed by atoms with E-state index in [0.29, 0.717) is 41.7 Å². The van der Waals surface area contributed by atoms with E-state index in [0.717, 1.165) is 24.0 Å². The second-order valence-corrected chi connectivity index (χ2v) is 11.6. The molecule has 0 spiro atoms. The molecule has 1 fully saturated rings. The molecule has 0 aliphatic carbocycles. The second-order valence-electron chi connectivity index (χ2n) is 9.70. The number of hydrogen-bond donors (Lipinski definition) is 1. The first-order chi connectivity index (χ1) is 17.8. The van der Waals surface area contributed by atoms with E-state index in [1.165, 1.54) is 0 Å². The Balaban J connectivity index is 1.44. The van der Waals surface area contributed by atoms with Crippen LogP contribution in [-0.4, -0.2) is 46.1 Å². The van der Waals surface area contributed by atoms with Gasteiger partial charge >= 0.3 is 0 Å². The number of carbonyl (C=O) groups excluding carboxylic acids is 1. The van der Waals surface area contributed by atoms with Crippen LogP contribution in [0.15, 0.2) is 71.6 Å². The molecule has 2 N–H and O–H groups in total. The summed E-state index contributed by atoms with van der Waals surface area (Å²) in [4.78, 5) is 24.3. The minimum absolute atomic E-state index is 0.0197. The maximum Gasteiger partial charge on any atom is 0.273 e. The Labute approximate surface area is 215 Å². The minimum atomic E-state index is -3.69. The molecule has 0 saturated carbocycles. The number of nitrogens with zero attached hydrogens (tertiary/aromatic N) is 4. The van der Waals surface area contributed by atoms with E-state index in [1.807, 2.05) is 43.3 Å². The number of fused-ring (bicyclic) bond motifs is 2. The Morgan fingerprint density at radius 2 is 1.68 bits per heavy atom. The lowest BCUT2D eigenvalue weighted by atomic mass is 10.0. The number of anilines is 1. The molecule has 8 nitrogen and oxygen atoms in total. The number of benzene rings is 3. The van der Waals surface area contributed by atoms with Gasteiger partial charge in [-0.1, -0.05) is 48.5 Å². The summed E-state index contributed by atoms with van der Waals surface area (Å²) in [6.07, 6.45) is 1.70. The normalized spacial score (nSPS) is 17.9. The van der Waals surface area contributed by atoms with Gasteiger partial charge in [-0.15, -0.1) is 0 Å². The molecule has 1 atom stereocenters. The third-order valence-electron chi connectivity index (χ3n) is 7.32. The molecule has 9 heteroatoms. The SMILES string of the molecule is C[C@@H]1CCCN1S(=O)(=O)c1ccccc1-c1ccc2nc(N)nc(C(=O)N3Cc4ccccc4C3)c2c1. The lowest BCUT2D eigenvalue weighted by molar-refractivity contribution is 0.0747. The summed E-state index contributed by atoms with van der Waals surface area (Å²) in [5.41, 5.74) is 10.2. The van der Waals surface area contributed by atoms with Crippen LogP contribution in [0.1, 0.15) is 41.4 Å². The highest BCUT2D eigenvalue weighted by atomic mass is 32.2. The first-order valence-electron chi connectivity index (χ1n) is 12.4. The molecule has 0 unspecified atom stereocenters. The highest BCUT2D eigenvalue weighted by Crippen LogP contribution is 2.35. The minimum Gasteiger partial charge on any atom is -0.368 e. The first-order valence-corrected chi connectivity index (χ1v) is 13.8. The van der Waals surface area contributed by atoms with Crippen LogP contribution >= 0.6 is 0 Å². The van der Waals surface area contributed by atoms with Gasteiger partial charge in [0.15, 0.2) is 0 Å². The van der Waals surface area contributed by atoms with Gasteiger partial charge in [0.05, 0.1) is 10.4 Å². The highest BCUT2D eigenvalue weighted by Gasteiger charge is 2.34. The van der Waals surface area contributed by atoms with Gasteiger partial charge < -0.3 is 10.6 Å². The van der Waals surface area contributed by atoms with Crippen LogP contribution in [0, 0.1) is 0 Å². The van der Waals surface area contributed by atoms with E-state index in [2.05, 4.69) is 9.97 Å².